The molecule has 5 rings (SSSR count). The van der Waals surface area contributed by atoms with Gasteiger partial charge in [-0.05, 0) is 48.5 Å². The first-order chi connectivity index (χ1) is 13.8. The molecule has 0 aliphatic heterocycles. The van der Waals surface area contributed by atoms with Crippen LogP contribution in [-0.4, -0.2) is 37.5 Å². The van der Waals surface area contributed by atoms with Crippen LogP contribution in [0.2, 0.25) is 0 Å². The van der Waals surface area contributed by atoms with Gasteiger partial charge >= 0.3 is 0 Å². The number of ether oxygens (including phenoxy) is 1. The van der Waals surface area contributed by atoms with E-state index in [1.54, 1.807) is 19.5 Å². The average Bonchev–Trinajstić information content (AvgIpc) is 3.22. The zero-order valence-corrected chi connectivity index (χ0v) is 14.9. The summed E-state index contributed by atoms with van der Waals surface area (Å²) in [6.07, 6.45) is 3.47. The van der Waals surface area contributed by atoms with Crippen molar-refractivity contribution >= 4 is 33.4 Å². The molecule has 2 N–H and O–H groups in total. The Morgan fingerprint density at radius 2 is 1.96 bits per heavy atom. The summed E-state index contributed by atoms with van der Waals surface area (Å²) in [6, 6.07) is 15.3. The van der Waals surface area contributed by atoms with Gasteiger partial charge in [0.1, 0.15) is 17.1 Å². The van der Waals surface area contributed by atoms with Gasteiger partial charge in [-0.3, -0.25) is 10.1 Å². The van der Waals surface area contributed by atoms with Gasteiger partial charge in [-0.25, -0.2) is 9.97 Å². The highest BCUT2D eigenvalue weighted by atomic mass is 16.5. The number of anilines is 2. The molecule has 0 fully saturated rings. The molecule has 8 nitrogen and oxygen atoms in total. The summed E-state index contributed by atoms with van der Waals surface area (Å²) in [5.41, 5.74) is 4.14. The van der Waals surface area contributed by atoms with Crippen molar-refractivity contribution in [2.75, 3.05) is 12.4 Å². The molecule has 5 aromatic rings. The topological polar surface area (TPSA) is 102 Å². The Kier molecular flexibility index (Phi) is 3.79. The molecule has 0 unspecified atom stereocenters. The minimum atomic E-state index is 0.593. The number of pyridine rings is 1. The fraction of sp³-hybridized carbons (Fsp3) is 0.0500. The van der Waals surface area contributed by atoms with Crippen LogP contribution in [0.1, 0.15) is 0 Å². The molecule has 0 saturated heterocycles. The van der Waals surface area contributed by atoms with Crippen molar-refractivity contribution < 1.29 is 4.74 Å². The first-order valence-corrected chi connectivity index (χ1v) is 8.64. The summed E-state index contributed by atoms with van der Waals surface area (Å²) < 4.78 is 5.37. The molecule has 0 atom stereocenters. The minimum absolute atomic E-state index is 0.593. The Balaban J connectivity index is 1.67. The second-order valence-corrected chi connectivity index (χ2v) is 6.19. The van der Waals surface area contributed by atoms with Crippen molar-refractivity contribution in [2.45, 2.75) is 0 Å². The van der Waals surface area contributed by atoms with Gasteiger partial charge in [-0.2, -0.15) is 0 Å². The largest absolute Gasteiger partial charge is 0.497 e. The third-order valence-corrected chi connectivity index (χ3v) is 4.41. The number of hydrogen-bond acceptors (Lipinski definition) is 7. The van der Waals surface area contributed by atoms with Crippen LogP contribution in [0.15, 0.2) is 60.9 Å². The minimum Gasteiger partial charge on any atom is -0.497 e. The fourth-order valence-corrected chi connectivity index (χ4v) is 3.01. The molecular weight excluding hydrogens is 354 g/mol. The molecule has 0 radical (unpaired) electrons. The number of aromatic amines is 1. The Bertz CT molecular complexity index is 1280. The molecule has 0 aliphatic rings. The molecule has 0 amide bonds. The quantitative estimate of drug-likeness (QED) is 0.498. The van der Waals surface area contributed by atoms with Crippen LogP contribution in [0.3, 0.4) is 0 Å². The zero-order valence-electron chi connectivity index (χ0n) is 14.9. The number of nitrogens with zero attached hydrogens (tertiary/aromatic N) is 5. The van der Waals surface area contributed by atoms with Gasteiger partial charge in [0.05, 0.1) is 18.1 Å². The third-order valence-electron chi connectivity index (χ3n) is 4.41. The van der Waals surface area contributed by atoms with Gasteiger partial charge in [-0.1, -0.05) is 5.21 Å². The number of benzene rings is 2. The lowest BCUT2D eigenvalue weighted by molar-refractivity contribution is 0.415. The molecule has 2 aromatic carbocycles. The SMILES string of the molecule is COc1ccc2nc(-c3cccnc3)nc(Nc3ccc4[nH]nnc4c3)c2c1. The maximum Gasteiger partial charge on any atom is 0.163 e. The molecule has 0 bridgehead atoms. The van der Waals surface area contributed by atoms with Gasteiger partial charge in [0.15, 0.2) is 5.82 Å². The molecule has 0 aliphatic carbocycles. The van der Waals surface area contributed by atoms with Crippen molar-refractivity contribution in [1.82, 2.24) is 30.4 Å². The monoisotopic (exact) mass is 369 g/mol. The van der Waals surface area contributed by atoms with E-state index in [1.165, 1.54) is 0 Å². The van der Waals surface area contributed by atoms with Crippen LogP contribution < -0.4 is 10.1 Å². The first-order valence-electron chi connectivity index (χ1n) is 8.64. The highest BCUT2D eigenvalue weighted by Crippen LogP contribution is 2.30. The van der Waals surface area contributed by atoms with Crippen molar-refractivity contribution in [3.63, 3.8) is 0 Å². The Hall–Kier alpha value is -4.07. The number of H-pyrrole nitrogens is 1. The number of nitrogens with one attached hydrogen (secondary N) is 2. The van der Waals surface area contributed by atoms with Gasteiger partial charge in [0, 0.05) is 29.0 Å². The maximum absolute atomic E-state index is 5.37. The second-order valence-electron chi connectivity index (χ2n) is 6.19. The van der Waals surface area contributed by atoms with E-state index < -0.39 is 0 Å². The normalized spacial score (nSPS) is 11.0. The van der Waals surface area contributed by atoms with E-state index in [1.807, 2.05) is 48.5 Å². The van der Waals surface area contributed by atoms with Crippen LogP contribution in [0.25, 0.3) is 33.3 Å². The van der Waals surface area contributed by atoms with Crippen LogP contribution in [0.5, 0.6) is 5.75 Å². The Morgan fingerprint density at radius 1 is 1.00 bits per heavy atom. The summed E-state index contributed by atoms with van der Waals surface area (Å²) in [5.74, 6) is 2.00. The smallest absolute Gasteiger partial charge is 0.163 e. The van der Waals surface area contributed by atoms with Crippen molar-refractivity contribution in [3.05, 3.63) is 60.9 Å². The summed E-state index contributed by atoms with van der Waals surface area (Å²) >= 11 is 0. The van der Waals surface area contributed by atoms with Crippen LogP contribution in [0, 0.1) is 0 Å². The predicted molar refractivity (Wildman–Crippen MR) is 106 cm³/mol. The Labute approximate surface area is 159 Å². The highest BCUT2D eigenvalue weighted by molar-refractivity contribution is 5.94. The average molecular weight is 369 g/mol. The lowest BCUT2D eigenvalue weighted by atomic mass is 10.2. The van der Waals surface area contributed by atoms with Crippen molar-refractivity contribution in [2.24, 2.45) is 0 Å². The van der Waals surface area contributed by atoms with Crippen molar-refractivity contribution in [3.8, 4) is 17.1 Å². The van der Waals surface area contributed by atoms with Crippen molar-refractivity contribution in [1.29, 1.82) is 0 Å². The molecule has 0 saturated carbocycles. The van der Waals surface area contributed by atoms with Gasteiger partial charge in [0.2, 0.25) is 0 Å². The number of methoxy groups -OCH3 is 1. The van der Waals surface area contributed by atoms with Crippen LogP contribution in [0.4, 0.5) is 11.5 Å². The van der Waals surface area contributed by atoms with E-state index in [2.05, 4.69) is 25.7 Å². The molecule has 8 heteroatoms. The molecule has 28 heavy (non-hydrogen) atoms. The predicted octanol–water partition coefficient (Wildman–Crippen LogP) is 3.72. The van der Waals surface area contributed by atoms with Gasteiger partial charge in [0.25, 0.3) is 0 Å². The van der Waals surface area contributed by atoms with E-state index in [0.717, 1.165) is 38.9 Å². The molecular formula is C20H15N7O. The molecule has 0 spiro atoms. The highest BCUT2D eigenvalue weighted by Gasteiger charge is 2.12. The molecule has 3 heterocycles. The van der Waals surface area contributed by atoms with E-state index >= 15 is 0 Å². The molecule has 136 valence electrons. The number of aromatic nitrogens is 6. The zero-order chi connectivity index (χ0) is 18.9. The molecule has 3 aromatic heterocycles. The number of rotatable bonds is 4. The summed E-state index contributed by atoms with van der Waals surface area (Å²) in [6.45, 7) is 0. The second kappa shape index (κ2) is 6.58. The van der Waals surface area contributed by atoms with Crippen LogP contribution >= 0.6 is 0 Å². The lowest BCUT2D eigenvalue weighted by Gasteiger charge is -2.12. The van der Waals surface area contributed by atoms with E-state index in [4.69, 9.17) is 14.7 Å². The standard InChI is InChI=1S/C20H15N7O/c1-28-14-5-7-16-15(10-14)20(24-19(23-16)12-3-2-8-21-11-12)22-13-4-6-17-18(9-13)26-27-25-17/h2-11H,1H3,(H,22,23,24)(H,25,26,27). The van der Waals surface area contributed by atoms with Gasteiger partial charge in [-0.15, -0.1) is 5.10 Å². The van der Waals surface area contributed by atoms with E-state index in [9.17, 15) is 0 Å². The summed E-state index contributed by atoms with van der Waals surface area (Å²) in [7, 11) is 1.64. The van der Waals surface area contributed by atoms with E-state index in [-0.39, 0.29) is 0 Å². The number of hydrogen-bond donors (Lipinski definition) is 2. The van der Waals surface area contributed by atoms with E-state index in [0.29, 0.717) is 11.6 Å². The maximum atomic E-state index is 5.37. The fourth-order valence-electron chi connectivity index (χ4n) is 3.01. The third kappa shape index (κ3) is 2.86. The van der Waals surface area contributed by atoms with Gasteiger partial charge < -0.3 is 10.1 Å². The lowest BCUT2D eigenvalue weighted by Crippen LogP contribution is -2.00. The summed E-state index contributed by atoms with van der Waals surface area (Å²) in [5, 5.41) is 15.0. The first kappa shape index (κ1) is 16.1. The van der Waals surface area contributed by atoms with Crippen LogP contribution in [-0.2, 0) is 0 Å². The number of fused-ring (bicyclic) bond motifs is 2. The summed E-state index contributed by atoms with van der Waals surface area (Å²) in [4.78, 5) is 13.6. The Morgan fingerprint density at radius 3 is 2.82 bits per heavy atom.